The van der Waals surface area contributed by atoms with Crippen molar-refractivity contribution in [1.82, 2.24) is 0 Å². The molecular formula is C100H152O4S27. The van der Waals surface area contributed by atoms with Crippen molar-refractivity contribution in [3.63, 3.8) is 0 Å². The fourth-order valence-electron chi connectivity index (χ4n) is 18.9. The number of rotatable bonds is 42. The maximum Gasteiger partial charge on any atom is 0.119 e. The molecule has 11 fully saturated rings. The van der Waals surface area contributed by atoms with Gasteiger partial charge in [-0.1, -0.05) is 429 Å². The molecule has 4 aromatic carbocycles. The molecule has 31 heteroatoms. The lowest BCUT2D eigenvalue weighted by Gasteiger charge is -2.42. The summed E-state index contributed by atoms with van der Waals surface area (Å²) in [4.78, 5) is 0. The van der Waals surface area contributed by atoms with Crippen molar-refractivity contribution < 1.29 is 20.4 Å². The molecule has 738 valence electrons. The van der Waals surface area contributed by atoms with Gasteiger partial charge in [-0.25, -0.2) is 0 Å². The number of unbranched alkanes of at least 4 members (excludes halogenated alkanes) is 16. The van der Waals surface area contributed by atoms with Crippen molar-refractivity contribution >= 4 is 289 Å². The number of benzene rings is 4. The van der Waals surface area contributed by atoms with Gasteiger partial charge in [0.05, 0.1) is 0 Å². The monoisotopic (exact) mass is 2280 g/mol. The number of hydrogen-bond donors (Lipinski definition) is 4. The first-order chi connectivity index (χ1) is 63.1. The van der Waals surface area contributed by atoms with E-state index in [1.807, 2.05) is 24.3 Å². The molecule has 15 rings (SSSR count). The Balaban J connectivity index is 0.000000223. The zero-order valence-electron chi connectivity index (χ0n) is 79.6. The van der Waals surface area contributed by atoms with Crippen molar-refractivity contribution in [3.05, 3.63) is 117 Å². The van der Waals surface area contributed by atoms with Gasteiger partial charge in [0.1, 0.15) is 23.0 Å². The Morgan fingerprint density at radius 2 is 0.458 bits per heavy atom. The van der Waals surface area contributed by atoms with Gasteiger partial charge in [0, 0.05) is 128 Å². The molecule has 6 bridgehead atoms. The zero-order valence-corrected chi connectivity index (χ0v) is 102. The summed E-state index contributed by atoms with van der Waals surface area (Å²) in [5, 5.41) is 58.5. The summed E-state index contributed by atoms with van der Waals surface area (Å²) in [6, 6.07) is 25.4. The predicted molar refractivity (Wildman–Crippen MR) is 650 cm³/mol. The maximum atomic E-state index is 10.6. The van der Waals surface area contributed by atoms with Crippen LogP contribution in [0.3, 0.4) is 0 Å². The molecule has 4 nitrogen and oxygen atoms in total. The number of aryl methyl sites for hydroxylation is 4. The Morgan fingerprint density at radius 1 is 0.229 bits per heavy atom. The van der Waals surface area contributed by atoms with Gasteiger partial charge in [-0.05, 0) is 278 Å². The van der Waals surface area contributed by atoms with Crippen LogP contribution >= 0.6 is 289 Å². The van der Waals surface area contributed by atoms with E-state index in [1.54, 1.807) is 0 Å². The zero-order chi connectivity index (χ0) is 92.3. The van der Waals surface area contributed by atoms with E-state index in [4.69, 9.17) is 0 Å². The minimum absolute atomic E-state index is 0.00918. The van der Waals surface area contributed by atoms with E-state index in [0.717, 1.165) is 153 Å². The average Bonchev–Trinajstić information content (AvgIpc) is 1.64. The van der Waals surface area contributed by atoms with Crippen molar-refractivity contribution in [2.75, 3.05) is 23.0 Å². The van der Waals surface area contributed by atoms with Gasteiger partial charge in [-0.15, -0.1) is 0 Å². The van der Waals surface area contributed by atoms with E-state index < -0.39 is 0 Å². The van der Waals surface area contributed by atoms with Crippen LogP contribution in [0.5, 0.6) is 23.0 Å². The summed E-state index contributed by atoms with van der Waals surface area (Å²) < 4.78 is 0. The number of phenols is 4. The van der Waals surface area contributed by atoms with Crippen LogP contribution in [0.1, 0.15) is 333 Å². The van der Waals surface area contributed by atoms with Crippen LogP contribution in [0.15, 0.2) is 72.8 Å². The highest BCUT2D eigenvalue weighted by molar-refractivity contribution is 9.27. The number of aromatic hydroxyl groups is 4. The second-order valence-corrected chi connectivity index (χ2v) is 81.6. The van der Waals surface area contributed by atoms with E-state index in [-0.39, 0.29) is 21.7 Å². The minimum atomic E-state index is -0.0181. The second kappa shape index (κ2) is 58.6. The molecule has 0 aliphatic carbocycles. The first-order valence-corrected chi connectivity index (χ1v) is 80.8. The number of phenolic OH excluding ortho intramolecular Hbond substituents is 4. The van der Waals surface area contributed by atoms with Gasteiger partial charge < -0.3 is 20.4 Å². The van der Waals surface area contributed by atoms with Crippen LogP contribution in [-0.2, 0) is 47.3 Å². The van der Waals surface area contributed by atoms with Crippen LogP contribution in [0.2, 0.25) is 0 Å². The topological polar surface area (TPSA) is 80.9 Å². The molecule has 11 saturated heterocycles. The number of thioether (sulfide) groups is 3. The van der Waals surface area contributed by atoms with Crippen molar-refractivity contribution in [2.45, 2.75) is 441 Å². The normalized spacial score (nSPS) is 29.9. The minimum Gasteiger partial charge on any atom is -0.508 e. The summed E-state index contributed by atoms with van der Waals surface area (Å²) >= 11 is 6.96. The molecule has 0 radical (unpaired) electrons. The highest BCUT2D eigenvalue weighted by Gasteiger charge is 2.49. The van der Waals surface area contributed by atoms with E-state index in [2.05, 4.69) is 420 Å². The summed E-state index contributed by atoms with van der Waals surface area (Å²) in [7, 11) is 52.6. The molecule has 0 spiro atoms. The molecule has 0 aromatic heterocycles. The van der Waals surface area contributed by atoms with Gasteiger partial charge in [0.25, 0.3) is 0 Å². The number of fused-ring (bicyclic) bond motifs is 9. The van der Waals surface area contributed by atoms with E-state index in [1.165, 1.54) is 251 Å². The lowest BCUT2D eigenvalue weighted by molar-refractivity contribution is 0.445. The Morgan fingerprint density at radius 3 is 0.763 bits per heavy atom. The molecule has 0 saturated carbocycles. The number of hydrogen-bond acceptors (Lipinski definition) is 31. The SMILES string of the molecule is CC(C)(C)c1ccc(CCCCCCCC2SSSSC(CC3CSSCC(CC4SC4CC4SC4CCCCCCCc4ccc(C(C)(C)C)c(O)c4)SS3)C3CC2SS3)cc1O.CC(C)(C)c1ccc(CCCCCCCC2SSSSC(CC3CSSCC(CC4SSSSC(CCCCCCCc5ccc(C(C)(C)C)c(O)c5)C5CC4S5)SS3)C3CC2SS3)cc1O. The summed E-state index contributed by atoms with van der Waals surface area (Å²) in [5.74, 6) is 7.07. The van der Waals surface area contributed by atoms with Crippen LogP contribution in [0, 0.1) is 0 Å². The third-order valence-electron chi connectivity index (χ3n) is 26.9. The quantitative estimate of drug-likeness (QED) is 0.0193. The van der Waals surface area contributed by atoms with Crippen molar-refractivity contribution in [2.24, 2.45) is 0 Å². The summed E-state index contributed by atoms with van der Waals surface area (Å²) in [6.45, 7) is 26.0. The first-order valence-electron chi connectivity index (χ1n) is 49.1. The highest BCUT2D eigenvalue weighted by atomic mass is 33.7. The Hall–Kier alpha value is 5.53. The van der Waals surface area contributed by atoms with Gasteiger partial charge in [-0.2, -0.15) is 35.3 Å². The van der Waals surface area contributed by atoms with Gasteiger partial charge in [-0.3, -0.25) is 0 Å². The molecule has 4 N–H and O–H groups in total. The third-order valence-corrected chi connectivity index (χ3v) is 74.1. The fourth-order valence-corrected chi connectivity index (χ4v) is 71.3. The van der Waals surface area contributed by atoms with Crippen LogP contribution in [-0.4, -0.2) is 148 Å². The molecule has 20 unspecified atom stereocenters. The highest BCUT2D eigenvalue weighted by Crippen LogP contribution is 2.66. The van der Waals surface area contributed by atoms with E-state index in [0.29, 0.717) is 23.0 Å². The Labute approximate surface area is 901 Å². The van der Waals surface area contributed by atoms with Gasteiger partial charge >= 0.3 is 0 Å². The predicted octanol–water partition coefficient (Wildman–Crippen LogP) is 39.5. The molecule has 11 aliphatic heterocycles. The first kappa shape index (κ1) is 114. The molecular weight excluding hydrogens is 2130 g/mol. The smallest absolute Gasteiger partial charge is 0.119 e. The molecule has 20 atom stereocenters. The molecule has 11 heterocycles. The lowest BCUT2D eigenvalue weighted by atomic mass is 9.85. The van der Waals surface area contributed by atoms with Gasteiger partial charge in [0.2, 0.25) is 0 Å². The van der Waals surface area contributed by atoms with Crippen molar-refractivity contribution in [3.8, 4) is 23.0 Å². The van der Waals surface area contributed by atoms with Crippen molar-refractivity contribution in [1.29, 1.82) is 0 Å². The fraction of sp³-hybridized carbons (Fsp3) is 0.760. The Bertz CT molecular complexity index is 3990. The average molecular weight is 2280 g/mol. The second-order valence-electron chi connectivity index (χ2n) is 41.9. The van der Waals surface area contributed by atoms with E-state index >= 15 is 0 Å². The third kappa shape index (κ3) is 39.1. The van der Waals surface area contributed by atoms with Crippen LogP contribution < -0.4 is 0 Å². The standard InChI is InChI=1S/C50H76O2S15.C50H76O2S12/c1-49(2,3)37-23-21-33(25-39(37)51)17-13-9-7-11-15-19-41-43-29-44(55-43)45(62-66-64-60-41)27-35-31-53-54-32-36(57-56-35)28-46-48-30-47(58-59-48)42(61-65-67-63-46)20-16-12-8-10-14-18-34-22-24-38(40(52)26-34)50(4,5)6;1-49(2,3)37-23-21-33(25-39(37)51)17-13-9-7-11-15-19-41-44(55-41)29-45-43(56-45)27-35-31-53-54-32-36(58-57-35)28-46-48-30-47(59-60-48)42(61-63-64-62-46)20-16-12-8-10-14-18-34-22-24-38(40(52)26-34)50(4,5)6/h21-26,35-36,41-48,51-52H,7-20,27-32H2,1-6H3;21-26,35-36,41-48,51-52H,7-20,27-32H2,1-6H3. The van der Waals surface area contributed by atoms with E-state index in [9.17, 15) is 20.4 Å². The summed E-state index contributed by atoms with van der Waals surface area (Å²) in [5.41, 5.74) is 9.24. The largest absolute Gasteiger partial charge is 0.508 e. The molecule has 4 aromatic rings. The van der Waals surface area contributed by atoms with Crippen LogP contribution in [0.25, 0.3) is 0 Å². The summed E-state index contributed by atoms with van der Waals surface area (Å²) in [6.07, 6.45) is 47.4. The molecule has 11 aliphatic rings. The Kier molecular flexibility index (Phi) is 50.9. The molecule has 0 amide bonds. The molecule has 131 heavy (non-hydrogen) atoms. The maximum absolute atomic E-state index is 10.6. The lowest BCUT2D eigenvalue weighted by Crippen LogP contribution is -2.40. The van der Waals surface area contributed by atoms with Crippen LogP contribution in [0.4, 0.5) is 0 Å². The van der Waals surface area contributed by atoms with Gasteiger partial charge in [0.15, 0.2) is 0 Å².